The molecule has 6 nitrogen and oxygen atoms in total. The van der Waals surface area contributed by atoms with Crippen molar-refractivity contribution in [3.8, 4) is 17.5 Å². The third kappa shape index (κ3) is 3.27. The van der Waals surface area contributed by atoms with Crippen molar-refractivity contribution in [2.45, 2.75) is 6.61 Å². The molecule has 1 aromatic carbocycles. The van der Waals surface area contributed by atoms with Crippen LogP contribution in [0.15, 0.2) is 28.9 Å². The molecule has 1 heterocycles. The summed E-state index contributed by atoms with van der Waals surface area (Å²) in [6, 6.07) is 6.14. The van der Waals surface area contributed by atoms with E-state index >= 15 is 0 Å². The second kappa shape index (κ2) is 6.66. The highest BCUT2D eigenvalue weighted by atomic mass is 79.9. The fourth-order valence-electron chi connectivity index (χ4n) is 1.98. The number of benzene rings is 1. The van der Waals surface area contributed by atoms with Crippen molar-refractivity contribution in [1.82, 2.24) is 4.57 Å². The molecule has 0 radical (unpaired) electrons. The van der Waals surface area contributed by atoms with Crippen LogP contribution >= 0.6 is 15.9 Å². The van der Waals surface area contributed by atoms with E-state index in [9.17, 15) is 13.6 Å². The Hall–Kier alpha value is -2.60. The van der Waals surface area contributed by atoms with Crippen molar-refractivity contribution in [3.63, 3.8) is 0 Å². The van der Waals surface area contributed by atoms with Gasteiger partial charge < -0.3 is 19.8 Å². The Bertz CT molecular complexity index is 799. The third-order valence-electron chi connectivity index (χ3n) is 2.94. The Labute approximate surface area is 138 Å². The zero-order chi connectivity index (χ0) is 17.1. The number of nitrogens with two attached hydrogens (primary N) is 1. The quantitative estimate of drug-likeness (QED) is 0.816. The molecule has 0 unspecified atom stereocenters. The second-order valence-corrected chi connectivity index (χ2v) is 5.18. The van der Waals surface area contributed by atoms with Crippen molar-refractivity contribution in [3.05, 3.63) is 40.1 Å². The van der Waals surface area contributed by atoms with Gasteiger partial charge in [-0.1, -0.05) is 15.9 Å². The Kier molecular flexibility index (Phi) is 4.86. The van der Waals surface area contributed by atoms with E-state index in [1.165, 1.54) is 22.9 Å². The van der Waals surface area contributed by atoms with Gasteiger partial charge >= 0.3 is 12.6 Å². The summed E-state index contributed by atoms with van der Waals surface area (Å²) in [4.78, 5) is 11.9. The normalized spacial score (nSPS) is 10.4. The van der Waals surface area contributed by atoms with Gasteiger partial charge in [-0.3, -0.25) is 0 Å². The highest BCUT2D eigenvalue weighted by molar-refractivity contribution is 9.10. The summed E-state index contributed by atoms with van der Waals surface area (Å²) in [6.07, 6.45) is 1.25. The number of methoxy groups -OCH3 is 1. The highest BCUT2D eigenvalue weighted by Gasteiger charge is 2.24. The third-order valence-corrected chi connectivity index (χ3v) is 3.43. The summed E-state index contributed by atoms with van der Waals surface area (Å²) in [7, 11) is 1.14. The molecule has 23 heavy (non-hydrogen) atoms. The second-order valence-electron chi connectivity index (χ2n) is 4.27. The van der Waals surface area contributed by atoms with E-state index in [0.29, 0.717) is 4.47 Å². The summed E-state index contributed by atoms with van der Waals surface area (Å²) in [5.41, 5.74) is 5.64. The van der Waals surface area contributed by atoms with E-state index < -0.39 is 12.6 Å². The van der Waals surface area contributed by atoms with Gasteiger partial charge in [0.2, 0.25) is 0 Å². The summed E-state index contributed by atoms with van der Waals surface area (Å²) in [5, 5.41) is 9.06. The van der Waals surface area contributed by atoms with Gasteiger partial charge in [0.05, 0.1) is 24.0 Å². The maximum atomic E-state index is 12.6. The summed E-state index contributed by atoms with van der Waals surface area (Å²) < 4.78 is 36.0. The molecule has 9 heteroatoms. The summed E-state index contributed by atoms with van der Waals surface area (Å²) in [6.45, 7) is -3.06. The van der Waals surface area contributed by atoms with Gasteiger partial charge in [0.1, 0.15) is 6.07 Å². The molecule has 0 atom stereocenters. The molecule has 2 N–H and O–H groups in total. The number of nitrogen functional groups attached to an aromatic ring is 1. The minimum atomic E-state index is -3.06. The van der Waals surface area contributed by atoms with Crippen LogP contribution < -0.4 is 10.5 Å². The van der Waals surface area contributed by atoms with Crippen LogP contribution in [0.2, 0.25) is 0 Å². The van der Waals surface area contributed by atoms with Gasteiger partial charge in [0, 0.05) is 10.7 Å². The monoisotopic (exact) mass is 385 g/mol. The van der Waals surface area contributed by atoms with Crippen LogP contribution in [0.4, 0.5) is 14.5 Å². The minimum Gasteiger partial charge on any atom is -0.464 e. The minimum absolute atomic E-state index is 0.0105. The van der Waals surface area contributed by atoms with Crippen molar-refractivity contribution < 1.29 is 23.0 Å². The zero-order valence-electron chi connectivity index (χ0n) is 11.7. The van der Waals surface area contributed by atoms with Crippen LogP contribution in [-0.4, -0.2) is 24.3 Å². The lowest BCUT2D eigenvalue weighted by Crippen LogP contribution is -2.13. The maximum absolute atomic E-state index is 12.6. The van der Waals surface area contributed by atoms with E-state index in [2.05, 4.69) is 25.4 Å². The number of halogens is 3. The first-order valence-electron chi connectivity index (χ1n) is 6.13. The number of esters is 1. The number of aromatic nitrogens is 1. The molecule has 0 aliphatic heterocycles. The number of anilines is 1. The van der Waals surface area contributed by atoms with Crippen LogP contribution in [0.5, 0.6) is 5.75 Å². The standard InChI is InChI=1S/C14H10BrF2N3O3/c1-22-13(21)12-11(19)7(5-18)6-20(12)9-3-2-8(15)4-10(9)23-14(16)17/h2-4,6,14H,19H2,1H3. The Morgan fingerprint density at radius 2 is 2.17 bits per heavy atom. The molecule has 2 rings (SSSR count). The van der Waals surface area contributed by atoms with E-state index in [-0.39, 0.29) is 28.4 Å². The van der Waals surface area contributed by atoms with Crippen molar-refractivity contribution in [2.24, 2.45) is 0 Å². The van der Waals surface area contributed by atoms with Crippen LogP contribution in [-0.2, 0) is 4.74 Å². The van der Waals surface area contributed by atoms with Gasteiger partial charge in [-0.25, -0.2) is 4.79 Å². The van der Waals surface area contributed by atoms with Crippen molar-refractivity contribution in [1.29, 1.82) is 5.26 Å². The number of nitriles is 1. The molecule has 2 aromatic rings. The van der Waals surface area contributed by atoms with Crippen LogP contribution in [0, 0.1) is 11.3 Å². The first kappa shape index (κ1) is 16.8. The molecule has 0 saturated heterocycles. The first-order chi connectivity index (χ1) is 10.9. The predicted molar refractivity (Wildman–Crippen MR) is 80.6 cm³/mol. The molecule has 0 aliphatic carbocycles. The fourth-order valence-corrected chi connectivity index (χ4v) is 2.32. The van der Waals surface area contributed by atoms with E-state index in [1.807, 2.05) is 6.07 Å². The first-order valence-corrected chi connectivity index (χ1v) is 6.92. The van der Waals surface area contributed by atoms with E-state index in [4.69, 9.17) is 11.0 Å². The molecule has 0 fully saturated rings. The number of hydrogen-bond acceptors (Lipinski definition) is 5. The SMILES string of the molecule is COC(=O)c1c(N)c(C#N)cn1-c1ccc(Br)cc1OC(F)F. The molecular weight excluding hydrogens is 376 g/mol. The molecule has 0 saturated carbocycles. The van der Waals surface area contributed by atoms with E-state index in [0.717, 1.165) is 7.11 Å². The molecule has 1 aromatic heterocycles. The summed E-state index contributed by atoms with van der Waals surface area (Å²) in [5.74, 6) is -1.01. The van der Waals surface area contributed by atoms with Gasteiger partial charge in [0.25, 0.3) is 0 Å². The Morgan fingerprint density at radius 3 is 2.74 bits per heavy atom. The Morgan fingerprint density at radius 1 is 1.48 bits per heavy atom. The number of hydrogen-bond donors (Lipinski definition) is 1. The van der Waals surface area contributed by atoms with Crippen LogP contribution in [0.3, 0.4) is 0 Å². The Balaban J connectivity index is 2.72. The average molecular weight is 386 g/mol. The predicted octanol–water partition coefficient (Wildman–Crippen LogP) is 3.08. The van der Waals surface area contributed by atoms with Crippen LogP contribution in [0.25, 0.3) is 5.69 Å². The molecule has 120 valence electrons. The molecular formula is C14H10BrF2N3O3. The maximum Gasteiger partial charge on any atom is 0.387 e. The number of rotatable bonds is 4. The fraction of sp³-hybridized carbons (Fsp3) is 0.143. The lowest BCUT2D eigenvalue weighted by Gasteiger charge is -2.14. The molecule has 0 spiro atoms. The average Bonchev–Trinajstić information content (AvgIpc) is 2.82. The van der Waals surface area contributed by atoms with E-state index in [1.54, 1.807) is 6.07 Å². The van der Waals surface area contributed by atoms with Gasteiger partial charge in [-0.15, -0.1) is 0 Å². The van der Waals surface area contributed by atoms with Gasteiger partial charge in [0.15, 0.2) is 11.4 Å². The number of carbonyl (C=O) groups is 1. The van der Waals surface area contributed by atoms with Gasteiger partial charge in [-0.05, 0) is 18.2 Å². The largest absolute Gasteiger partial charge is 0.464 e. The molecule has 0 aliphatic rings. The number of ether oxygens (including phenoxy) is 2. The number of alkyl halides is 2. The topological polar surface area (TPSA) is 90.3 Å². The summed E-state index contributed by atoms with van der Waals surface area (Å²) >= 11 is 3.15. The van der Waals surface area contributed by atoms with Crippen molar-refractivity contribution >= 4 is 27.6 Å². The zero-order valence-corrected chi connectivity index (χ0v) is 13.3. The van der Waals surface area contributed by atoms with Crippen LogP contribution in [0.1, 0.15) is 16.1 Å². The lowest BCUT2D eigenvalue weighted by molar-refractivity contribution is -0.0498. The smallest absolute Gasteiger partial charge is 0.387 e. The van der Waals surface area contributed by atoms with Gasteiger partial charge in [-0.2, -0.15) is 14.0 Å². The lowest BCUT2D eigenvalue weighted by atomic mass is 10.2. The highest BCUT2D eigenvalue weighted by Crippen LogP contribution is 2.32. The number of carbonyl (C=O) groups excluding carboxylic acids is 1. The molecule has 0 bridgehead atoms. The number of nitrogens with zero attached hydrogens (tertiary/aromatic N) is 2. The van der Waals surface area contributed by atoms with Crippen molar-refractivity contribution in [2.75, 3.05) is 12.8 Å². The molecule has 0 amide bonds.